The number of nitrogens with zero attached hydrogens (tertiary/aromatic N) is 1. The number of amides is 1. The van der Waals surface area contributed by atoms with Crippen LogP contribution in [0.1, 0.15) is 23.2 Å². The zero-order chi connectivity index (χ0) is 17.2. The molecule has 0 radical (unpaired) electrons. The van der Waals surface area contributed by atoms with Crippen molar-refractivity contribution in [3.8, 4) is 0 Å². The lowest BCUT2D eigenvalue weighted by molar-refractivity contribution is 0.0620. The Morgan fingerprint density at radius 3 is 2.44 bits per heavy atom. The molecule has 3 aliphatic rings. The van der Waals surface area contributed by atoms with Crippen molar-refractivity contribution >= 4 is 29.3 Å². The molecule has 3 nitrogen and oxygen atoms in total. The Balaban J connectivity index is 1.40. The highest BCUT2D eigenvalue weighted by Crippen LogP contribution is 2.33. The molecule has 0 unspecified atom stereocenters. The maximum atomic E-state index is 12.6. The normalized spacial score (nSPS) is 24.9. The molecule has 0 spiro atoms. The molecule has 5 rings (SSSR count). The predicted molar refractivity (Wildman–Crippen MR) is 102 cm³/mol. The molecule has 2 bridgehead atoms. The second-order valence-corrected chi connectivity index (χ2v) is 8.30. The van der Waals surface area contributed by atoms with E-state index in [1.54, 1.807) is 11.8 Å². The van der Waals surface area contributed by atoms with Crippen molar-refractivity contribution < 1.29 is 4.79 Å². The molecule has 2 aromatic rings. The van der Waals surface area contributed by atoms with Crippen molar-refractivity contribution in [2.24, 2.45) is 5.92 Å². The van der Waals surface area contributed by atoms with Gasteiger partial charge in [0.2, 0.25) is 0 Å². The van der Waals surface area contributed by atoms with E-state index in [1.165, 1.54) is 25.9 Å². The van der Waals surface area contributed by atoms with Gasteiger partial charge in [0.25, 0.3) is 5.91 Å². The molecule has 2 aromatic carbocycles. The highest BCUT2D eigenvalue weighted by molar-refractivity contribution is 7.99. The van der Waals surface area contributed by atoms with Crippen LogP contribution in [-0.4, -0.2) is 36.5 Å². The smallest absolute Gasteiger partial charge is 0.251 e. The maximum absolute atomic E-state index is 12.6. The van der Waals surface area contributed by atoms with Gasteiger partial charge in [-0.15, -0.1) is 0 Å². The van der Waals surface area contributed by atoms with E-state index in [9.17, 15) is 4.79 Å². The number of fused-ring (bicyclic) bond motifs is 3. The Morgan fingerprint density at radius 2 is 1.80 bits per heavy atom. The minimum atomic E-state index is 0.0352. The number of rotatable bonds is 4. The first kappa shape index (κ1) is 17.0. The minimum absolute atomic E-state index is 0.0352. The molecule has 3 aliphatic heterocycles. The topological polar surface area (TPSA) is 32.3 Å². The fourth-order valence-corrected chi connectivity index (χ4v) is 4.80. The Hall–Kier alpha value is -1.49. The van der Waals surface area contributed by atoms with Gasteiger partial charge in [-0.2, -0.15) is 0 Å². The number of benzene rings is 2. The van der Waals surface area contributed by atoms with Gasteiger partial charge < -0.3 is 10.2 Å². The second kappa shape index (κ2) is 7.40. The van der Waals surface area contributed by atoms with Crippen LogP contribution in [0.2, 0.25) is 5.02 Å². The van der Waals surface area contributed by atoms with E-state index in [4.69, 9.17) is 11.6 Å². The number of nitrogens with one attached hydrogen (secondary N) is 1. The predicted octanol–water partition coefficient (Wildman–Crippen LogP) is 4.32. The number of hydrogen-bond donors (Lipinski definition) is 1. The van der Waals surface area contributed by atoms with E-state index >= 15 is 0 Å². The summed E-state index contributed by atoms with van der Waals surface area (Å²) in [5.74, 6) is 0.678. The molecule has 0 saturated carbocycles. The fourth-order valence-electron chi connectivity index (χ4n) is 3.71. The van der Waals surface area contributed by atoms with Gasteiger partial charge >= 0.3 is 0 Å². The lowest BCUT2D eigenvalue weighted by atomic mass is 9.84. The molecule has 1 N–H and O–H groups in total. The Kier molecular flexibility index (Phi) is 5.02. The molecular formula is C20H21ClN2OS. The summed E-state index contributed by atoms with van der Waals surface area (Å²) >= 11 is 7.82. The molecule has 1 amide bonds. The lowest BCUT2D eigenvalue weighted by Crippen LogP contribution is -2.57. The van der Waals surface area contributed by atoms with E-state index < -0.39 is 0 Å². The standard InChI is InChI=1S/C20H21ClN2OS/c21-17-3-1-2-4-19(17)25-16-7-5-15(6-8-16)20(24)22-18-13-23-11-9-14(18)10-12-23/h1-8,14,18H,9-13H2,(H,22,24)/t18-/m0/s1. The van der Waals surface area contributed by atoms with E-state index in [1.807, 2.05) is 48.5 Å². The summed E-state index contributed by atoms with van der Waals surface area (Å²) in [6.07, 6.45) is 2.41. The van der Waals surface area contributed by atoms with Gasteiger partial charge in [0.05, 0.1) is 5.02 Å². The van der Waals surface area contributed by atoms with Gasteiger partial charge in [0.15, 0.2) is 0 Å². The van der Waals surface area contributed by atoms with Crippen LogP contribution in [-0.2, 0) is 0 Å². The minimum Gasteiger partial charge on any atom is -0.348 e. The summed E-state index contributed by atoms with van der Waals surface area (Å²) in [7, 11) is 0. The molecular weight excluding hydrogens is 352 g/mol. The molecule has 5 heteroatoms. The van der Waals surface area contributed by atoms with Crippen LogP contribution in [0.15, 0.2) is 58.3 Å². The van der Waals surface area contributed by atoms with Crippen molar-refractivity contribution in [1.82, 2.24) is 10.2 Å². The number of hydrogen-bond acceptors (Lipinski definition) is 3. The Labute approximate surface area is 157 Å². The quantitative estimate of drug-likeness (QED) is 0.867. The molecule has 130 valence electrons. The number of carbonyl (C=O) groups is 1. The largest absolute Gasteiger partial charge is 0.348 e. The van der Waals surface area contributed by atoms with Crippen LogP contribution in [0.3, 0.4) is 0 Å². The van der Waals surface area contributed by atoms with Crippen LogP contribution in [0, 0.1) is 5.92 Å². The molecule has 3 fully saturated rings. The van der Waals surface area contributed by atoms with Crippen LogP contribution >= 0.6 is 23.4 Å². The molecule has 25 heavy (non-hydrogen) atoms. The van der Waals surface area contributed by atoms with Crippen molar-refractivity contribution in [3.05, 3.63) is 59.1 Å². The summed E-state index contributed by atoms with van der Waals surface area (Å²) in [6, 6.07) is 15.9. The zero-order valence-corrected chi connectivity index (χ0v) is 15.5. The van der Waals surface area contributed by atoms with Crippen LogP contribution in [0.5, 0.6) is 0 Å². The van der Waals surface area contributed by atoms with Crippen molar-refractivity contribution in [2.45, 2.75) is 28.7 Å². The van der Waals surface area contributed by atoms with Gasteiger partial charge in [-0.25, -0.2) is 0 Å². The van der Waals surface area contributed by atoms with Crippen molar-refractivity contribution in [2.75, 3.05) is 19.6 Å². The lowest BCUT2D eigenvalue weighted by Gasteiger charge is -2.44. The van der Waals surface area contributed by atoms with Crippen LogP contribution in [0.25, 0.3) is 0 Å². The highest BCUT2D eigenvalue weighted by Gasteiger charge is 2.34. The molecule has 0 aliphatic carbocycles. The van der Waals surface area contributed by atoms with Gasteiger partial charge in [-0.3, -0.25) is 4.79 Å². The number of halogens is 1. The van der Waals surface area contributed by atoms with E-state index in [0.717, 1.165) is 26.9 Å². The Morgan fingerprint density at radius 1 is 1.08 bits per heavy atom. The molecule has 3 heterocycles. The fraction of sp³-hybridized carbons (Fsp3) is 0.350. The average Bonchev–Trinajstić information content (AvgIpc) is 2.65. The third kappa shape index (κ3) is 3.86. The average molecular weight is 373 g/mol. The van der Waals surface area contributed by atoms with Gasteiger partial charge in [-0.1, -0.05) is 35.5 Å². The second-order valence-electron chi connectivity index (χ2n) is 6.77. The SMILES string of the molecule is O=C(N[C@H]1CN2CCC1CC2)c1ccc(Sc2ccccc2Cl)cc1. The van der Waals surface area contributed by atoms with Crippen LogP contribution in [0.4, 0.5) is 0 Å². The third-order valence-electron chi connectivity index (χ3n) is 5.15. The number of piperidine rings is 3. The van der Waals surface area contributed by atoms with Crippen LogP contribution < -0.4 is 5.32 Å². The first-order valence-electron chi connectivity index (χ1n) is 8.75. The summed E-state index contributed by atoms with van der Waals surface area (Å²) in [4.78, 5) is 17.1. The maximum Gasteiger partial charge on any atom is 0.251 e. The summed E-state index contributed by atoms with van der Waals surface area (Å²) in [5.41, 5.74) is 0.722. The van der Waals surface area contributed by atoms with E-state index in [-0.39, 0.29) is 5.91 Å². The van der Waals surface area contributed by atoms with E-state index in [2.05, 4.69) is 10.2 Å². The van der Waals surface area contributed by atoms with Gasteiger partial charge in [-0.05, 0) is 68.2 Å². The monoisotopic (exact) mass is 372 g/mol. The highest BCUT2D eigenvalue weighted by atomic mass is 35.5. The van der Waals surface area contributed by atoms with Crippen molar-refractivity contribution in [3.63, 3.8) is 0 Å². The molecule has 3 saturated heterocycles. The first-order valence-corrected chi connectivity index (χ1v) is 9.94. The Bertz CT molecular complexity index is 757. The summed E-state index contributed by atoms with van der Waals surface area (Å²) in [5, 5.41) is 3.98. The summed E-state index contributed by atoms with van der Waals surface area (Å²) in [6.45, 7) is 3.37. The van der Waals surface area contributed by atoms with Crippen molar-refractivity contribution in [1.29, 1.82) is 0 Å². The summed E-state index contributed by atoms with van der Waals surface area (Å²) < 4.78 is 0. The first-order chi connectivity index (χ1) is 12.2. The molecule has 1 atom stereocenters. The zero-order valence-electron chi connectivity index (χ0n) is 14.0. The van der Waals surface area contributed by atoms with Gasteiger partial charge in [0.1, 0.15) is 0 Å². The number of carbonyl (C=O) groups excluding carboxylic acids is 1. The van der Waals surface area contributed by atoms with E-state index in [0.29, 0.717) is 12.0 Å². The third-order valence-corrected chi connectivity index (χ3v) is 6.68. The molecule has 0 aromatic heterocycles. The van der Waals surface area contributed by atoms with Gasteiger partial charge in [0, 0.05) is 27.9 Å².